The van der Waals surface area contributed by atoms with Crippen molar-refractivity contribution in [3.63, 3.8) is 0 Å². The smallest absolute Gasteiger partial charge is 0.409 e. The number of rotatable bonds is 13. The highest BCUT2D eigenvalue weighted by molar-refractivity contribution is 5.86. The summed E-state index contributed by atoms with van der Waals surface area (Å²) in [7, 11) is 2.93. The van der Waals surface area contributed by atoms with Gasteiger partial charge in [0.2, 0.25) is 0 Å². The van der Waals surface area contributed by atoms with Gasteiger partial charge < -0.3 is 54.9 Å². The second-order valence-electron chi connectivity index (χ2n) is 17.1. The van der Waals surface area contributed by atoms with Crippen molar-refractivity contribution in [1.82, 2.24) is 35.6 Å². The fourth-order valence-corrected chi connectivity index (χ4v) is 8.93. The number of halogens is 4. The minimum Gasteiger partial charge on any atom is -0.453 e. The van der Waals surface area contributed by atoms with Gasteiger partial charge in [0.15, 0.2) is 0 Å². The van der Waals surface area contributed by atoms with Gasteiger partial charge in [-0.15, -0.1) is 0 Å². The minimum atomic E-state index is -2.89. The van der Waals surface area contributed by atoms with Gasteiger partial charge in [0.1, 0.15) is 11.5 Å². The van der Waals surface area contributed by atoms with Crippen molar-refractivity contribution in [2.75, 3.05) is 46.9 Å². The molecule has 2 unspecified atom stereocenters. The van der Waals surface area contributed by atoms with Crippen molar-refractivity contribution in [3.8, 4) is 11.5 Å². The molecule has 4 fully saturated rings. The van der Waals surface area contributed by atoms with Crippen molar-refractivity contribution in [2.24, 2.45) is 5.92 Å². The Kier molecular flexibility index (Phi) is 15.8. The van der Waals surface area contributed by atoms with E-state index in [1.165, 1.54) is 19.2 Å². The molecule has 4 aromatic rings. The number of hydrogen-bond acceptors (Lipinski definition) is 8. The van der Waals surface area contributed by atoms with Gasteiger partial charge in [0, 0.05) is 70.9 Å². The minimum absolute atomic E-state index is 0.000734. The van der Waals surface area contributed by atoms with E-state index < -0.39 is 19.3 Å². The molecular weight excluding hydrogens is 867 g/mol. The Labute approximate surface area is 380 Å². The maximum atomic E-state index is 13.2. The van der Waals surface area contributed by atoms with Crippen LogP contribution in [0.4, 0.5) is 36.7 Å². The van der Waals surface area contributed by atoms with Crippen molar-refractivity contribution in [2.45, 2.75) is 95.4 Å². The Morgan fingerprint density at radius 1 is 0.667 bits per heavy atom. The number of amides is 7. The summed E-state index contributed by atoms with van der Waals surface area (Å²) in [6, 6.07) is 20.4. The fraction of sp³-hybridized carbons (Fsp3) is 0.489. The number of ether oxygens (including phenoxy) is 3. The number of nitrogens with one attached hydrogen (secondary N) is 3. The molecule has 66 heavy (non-hydrogen) atoms. The Bertz CT molecular complexity index is 2340. The quantitative estimate of drug-likeness (QED) is 0.100. The molecule has 2 aliphatic carbocycles. The summed E-state index contributed by atoms with van der Waals surface area (Å²) in [6.07, 6.45) is 5.63. The van der Waals surface area contributed by atoms with Crippen molar-refractivity contribution >= 4 is 45.7 Å². The highest BCUT2D eigenvalue weighted by Gasteiger charge is 2.42. The number of hydrogen-bond donors (Lipinski definition) is 4. The molecule has 2 aliphatic heterocycles. The van der Waals surface area contributed by atoms with E-state index in [4.69, 9.17) is 4.74 Å². The maximum absolute atomic E-state index is 13.2. The zero-order chi connectivity index (χ0) is 46.9. The fourth-order valence-electron chi connectivity index (χ4n) is 8.93. The molecule has 7 amide bonds. The molecule has 0 bridgehead atoms. The molecule has 0 aromatic heterocycles. The van der Waals surface area contributed by atoms with Crippen LogP contribution in [0.3, 0.4) is 0 Å². The van der Waals surface area contributed by atoms with E-state index in [1.807, 2.05) is 41.3 Å². The molecule has 2 heterocycles. The van der Waals surface area contributed by atoms with Gasteiger partial charge in [-0.2, -0.15) is 17.6 Å². The van der Waals surface area contributed by atoms with Crippen LogP contribution in [-0.2, 0) is 17.8 Å². The van der Waals surface area contributed by atoms with Crippen LogP contribution in [0.2, 0.25) is 0 Å². The largest absolute Gasteiger partial charge is 0.453 e. The number of carbonyl (C=O) groups is 4. The van der Waals surface area contributed by atoms with Crippen LogP contribution >= 0.6 is 0 Å². The maximum Gasteiger partial charge on any atom is 0.409 e. The van der Waals surface area contributed by atoms with Gasteiger partial charge >= 0.3 is 37.4 Å². The van der Waals surface area contributed by atoms with Crippen LogP contribution in [0.5, 0.6) is 11.5 Å². The highest BCUT2D eigenvalue weighted by Crippen LogP contribution is 2.34. The van der Waals surface area contributed by atoms with E-state index in [9.17, 15) is 41.8 Å². The lowest BCUT2D eigenvalue weighted by molar-refractivity contribution is -0.0504. The molecule has 4 N–H and O–H groups in total. The summed E-state index contributed by atoms with van der Waals surface area (Å²) in [5, 5.41) is 21.6. The lowest BCUT2D eigenvalue weighted by atomic mass is 9.94. The number of benzene rings is 4. The van der Waals surface area contributed by atoms with Gasteiger partial charge in [0.25, 0.3) is 0 Å². The summed E-state index contributed by atoms with van der Waals surface area (Å²) < 4.78 is 63.9. The second kappa shape index (κ2) is 21.8. The van der Waals surface area contributed by atoms with Crippen LogP contribution in [-0.4, -0.2) is 133 Å². The van der Waals surface area contributed by atoms with Gasteiger partial charge in [-0.05, 0) is 114 Å². The standard InChI is InChI=1S/C24H29F2N3O5.C23H28F2N4O3/c1-33-24(32)28-12-16(14-30)9-20(13-28)29(19-5-6-19)23(31)27-11-15-2-3-17-4-7-21(34-22(25)26)10-18(17)8-15;1-26-22(30)28-10-2-3-19(14-28)29(18-7-8-18)23(31)27-13-15-4-5-16-6-9-20(32-21(24)25)12-17(16)11-15/h2-4,7-8,10,16,19-20,22,30H,5-6,9,11-14H2,1H3,(H,27,31);4-6,9,11-12,18-19,21H,2-3,7-8,10,13-14H2,1H3,(H,26,30)(H,27,31)/t;19-/m.1/s1. The SMILES string of the molecule is CNC(=O)N1CCC[C@@H](N(C(=O)NCc2ccc3ccc(OC(F)F)cc3c2)C2CC2)C1.COC(=O)N1CC(CO)CC(N(C(=O)NCc2ccc3ccc(OC(F)F)cc3c2)C2CC2)C1. The van der Waals surface area contributed by atoms with Crippen molar-refractivity contribution in [3.05, 3.63) is 83.9 Å². The molecule has 0 spiro atoms. The number of fused-ring (bicyclic) bond motifs is 2. The molecular formula is C47H57F4N7O8. The molecule has 4 aliphatic rings. The van der Waals surface area contributed by atoms with Gasteiger partial charge in [-0.3, -0.25) is 0 Å². The summed E-state index contributed by atoms with van der Waals surface area (Å²) in [5.41, 5.74) is 1.69. The molecule has 356 valence electrons. The lowest BCUT2D eigenvalue weighted by Crippen LogP contribution is -2.57. The third kappa shape index (κ3) is 12.6. The summed E-state index contributed by atoms with van der Waals surface area (Å²) in [4.78, 5) is 57.4. The Balaban J connectivity index is 0.000000197. The number of aliphatic hydroxyl groups excluding tert-OH is 1. The van der Waals surface area contributed by atoms with E-state index in [0.717, 1.165) is 71.2 Å². The van der Waals surface area contributed by atoms with E-state index in [0.29, 0.717) is 39.1 Å². The topological polar surface area (TPSA) is 165 Å². The number of urea groups is 3. The third-order valence-corrected chi connectivity index (χ3v) is 12.3. The van der Waals surface area contributed by atoms with E-state index in [-0.39, 0.29) is 72.8 Å². The molecule has 2 saturated carbocycles. The molecule has 19 heteroatoms. The molecule has 15 nitrogen and oxygen atoms in total. The summed E-state index contributed by atoms with van der Waals surface area (Å²) >= 11 is 0. The van der Waals surface area contributed by atoms with Crippen LogP contribution in [0.15, 0.2) is 72.8 Å². The molecule has 2 saturated heterocycles. The predicted octanol–water partition coefficient (Wildman–Crippen LogP) is 7.48. The zero-order valence-electron chi connectivity index (χ0n) is 37.0. The van der Waals surface area contributed by atoms with Gasteiger partial charge in [0.05, 0.1) is 19.2 Å². The van der Waals surface area contributed by atoms with E-state index in [2.05, 4.69) is 25.4 Å². The number of alkyl halides is 4. The summed E-state index contributed by atoms with van der Waals surface area (Å²) in [6.45, 7) is -3.27. The zero-order valence-corrected chi connectivity index (χ0v) is 37.0. The first-order chi connectivity index (χ1) is 31.8. The highest BCUT2D eigenvalue weighted by atomic mass is 19.3. The first-order valence-corrected chi connectivity index (χ1v) is 22.3. The second-order valence-corrected chi connectivity index (χ2v) is 17.1. The Morgan fingerprint density at radius 3 is 1.64 bits per heavy atom. The average Bonchev–Trinajstić information content (AvgIpc) is 4.27. The summed E-state index contributed by atoms with van der Waals surface area (Å²) in [5.74, 6) is 0.0538. The normalized spacial score (nSPS) is 19.4. The van der Waals surface area contributed by atoms with Crippen molar-refractivity contribution in [1.29, 1.82) is 0 Å². The first-order valence-electron chi connectivity index (χ1n) is 22.3. The third-order valence-electron chi connectivity index (χ3n) is 12.3. The number of carbonyl (C=O) groups excluding carboxylic acids is 4. The van der Waals surface area contributed by atoms with Crippen LogP contribution in [0.1, 0.15) is 56.1 Å². The Hall–Kier alpha value is -6.24. The number of methoxy groups -OCH3 is 1. The number of likely N-dealkylation sites (tertiary alicyclic amines) is 2. The number of aliphatic hydroxyl groups is 1. The molecule has 3 atom stereocenters. The van der Waals surface area contributed by atoms with E-state index >= 15 is 0 Å². The van der Waals surface area contributed by atoms with Gasteiger partial charge in [-0.25, -0.2) is 19.2 Å². The Morgan fingerprint density at radius 2 is 1.17 bits per heavy atom. The number of nitrogens with zero attached hydrogens (tertiary/aromatic N) is 4. The number of piperidine rings is 2. The van der Waals surface area contributed by atoms with E-state index in [1.54, 1.807) is 46.0 Å². The first kappa shape index (κ1) is 47.7. The average molecular weight is 924 g/mol. The predicted molar refractivity (Wildman–Crippen MR) is 237 cm³/mol. The molecule has 8 rings (SSSR count). The van der Waals surface area contributed by atoms with Crippen LogP contribution < -0.4 is 25.4 Å². The van der Waals surface area contributed by atoms with Crippen LogP contribution in [0, 0.1) is 5.92 Å². The molecule has 0 radical (unpaired) electrons. The monoisotopic (exact) mass is 923 g/mol. The van der Waals surface area contributed by atoms with Gasteiger partial charge in [-0.1, -0.05) is 36.4 Å². The van der Waals surface area contributed by atoms with Crippen molar-refractivity contribution < 1.29 is 56.1 Å². The van der Waals surface area contributed by atoms with Crippen LogP contribution in [0.25, 0.3) is 21.5 Å². The lowest BCUT2D eigenvalue weighted by Gasteiger charge is -2.41. The molecule has 4 aromatic carbocycles.